The van der Waals surface area contributed by atoms with Gasteiger partial charge in [0.05, 0.1) is 6.61 Å². The molecule has 2 rings (SSSR count). The van der Waals surface area contributed by atoms with Gasteiger partial charge < -0.3 is 14.2 Å². The number of hydrogen-bond donors (Lipinski definition) is 1. The van der Waals surface area contributed by atoms with E-state index in [4.69, 9.17) is 14.2 Å². The van der Waals surface area contributed by atoms with E-state index in [1.807, 2.05) is 0 Å². The van der Waals surface area contributed by atoms with E-state index in [2.05, 4.69) is 15.3 Å². The molecule has 1 N–H and O–H groups in total. The van der Waals surface area contributed by atoms with Crippen molar-refractivity contribution in [3.8, 4) is 0 Å². The maximum atomic E-state index is 11.9. The highest BCUT2D eigenvalue weighted by Crippen LogP contribution is 2.28. The van der Waals surface area contributed by atoms with Crippen LogP contribution in [0.25, 0.3) is 0 Å². The van der Waals surface area contributed by atoms with Crippen LogP contribution in [0.1, 0.15) is 39.4 Å². The molecule has 1 aliphatic rings. The molecule has 0 fully saturated rings. The molecule has 1 aromatic heterocycles. The molecule has 0 bridgehead atoms. The SMILES string of the molecule is CCOC(=O)[C@H]1N=CO[C@@H]1c1ccc(NC(=O)OC(C)(C)C)nc1. The molecule has 0 radical (unpaired) electrons. The van der Waals surface area contributed by atoms with Gasteiger partial charge in [-0.25, -0.2) is 19.6 Å². The highest BCUT2D eigenvalue weighted by molar-refractivity contribution is 5.83. The number of carbonyl (C=O) groups excluding carboxylic acids is 2. The van der Waals surface area contributed by atoms with Crippen molar-refractivity contribution < 1.29 is 23.8 Å². The standard InChI is InChI=1S/C16H21N3O5/c1-5-22-14(20)12-13(23-9-18-12)10-6-7-11(17-8-10)19-15(21)24-16(2,3)4/h6-9,12-13H,5H2,1-4H3,(H,17,19,21)/t12-,13+/m0/s1. The van der Waals surface area contributed by atoms with Crippen molar-refractivity contribution in [3.63, 3.8) is 0 Å². The molecule has 2 atom stereocenters. The quantitative estimate of drug-likeness (QED) is 0.849. The lowest BCUT2D eigenvalue weighted by atomic mass is 10.1. The number of anilines is 1. The van der Waals surface area contributed by atoms with Gasteiger partial charge in [0, 0.05) is 11.8 Å². The zero-order valence-corrected chi connectivity index (χ0v) is 14.1. The van der Waals surface area contributed by atoms with Crippen molar-refractivity contribution in [1.29, 1.82) is 0 Å². The summed E-state index contributed by atoms with van der Waals surface area (Å²) in [4.78, 5) is 31.7. The Morgan fingerprint density at radius 1 is 1.33 bits per heavy atom. The molecule has 1 amide bonds. The van der Waals surface area contributed by atoms with E-state index in [0.717, 1.165) is 0 Å². The number of amides is 1. The molecule has 1 aromatic rings. The van der Waals surface area contributed by atoms with E-state index in [1.165, 1.54) is 12.6 Å². The zero-order valence-electron chi connectivity index (χ0n) is 14.1. The fourth-order valence-electron chi connectivity index (χ4n) is 2.05. The first-order chi connectivity index (χ1) is 11.3. The summed E-state index contributed by atoms with van der Waals surface area (Å²) in [6, 6.07) is 2.55. The smallest absolute Gasteiger partial charge is 0.413 e. The lowest BCUT2D eigenvalue weighted by Gasteiger charge is -2.19. The minimum Gasteiger partial charge on any atom is -0.473 e. The first-order valence-corrected chi connectivity index (χ1v) is 7.60. The van der Waals surface area contributed by atoms with Gasteiger partial charge in [-0.1, -0.05) is 6.07 Å². The Morgan fingerprint density at radius 3 is 2.67 bits per heavy atom. The number of ether oxygens (including phenoxy) is 3. The topological polar surface area (TPSA) is 99.1 Å². The molecule has 24 heavy (non-hydrogen) atoms. The number of pyridine rings is 1. The fourth-order valence-corrected chi connectivity index (χ4v) is 2.05. The van der Waals surface area contributed by atoms with Gasteiger partial charge in [0.1, 0.15) is 11.4 Å². The van der Waals surface area contributed by atoms with Crippen LogP contribution in [-0.4, -0.2) is 41.7 Å². The molecular weight excluding hydrogens is 314 g/mol. The Labute approximate surface area is 140 Å². The average Bonchev–Trinajstić information content (AvgIpc) is 2.95. The van der Waals surface area contributed by atoms with Gasteiger partial charge in [0.25, 0.3) is 0 Å². The number of hydrogen-bond acceptors (Lipinski definition) is 7. The van der Waals surface area contributed by atoms with Crippen LogP contribution >= 0.6 is 0 Å². The second kappa shape index (κ2) is 7.29. The zero-order chi connectivity index (χ0) is 17.7. The number of carbonyl (C=O) groups is 2. The fraction of sp³-hybridized carbons (Fsp3) is 0.500. The summed E-state index contributed by atoms with van der Waals surface area (Å²) in [5, 5.41) is 2.53. The molecule has 0 spiro atoms. The minimum atomic E-state index is -0.753. The Bertz CT molecular complexity index is 622. The number of rotatable bonds is 4. The highest BCUT2D eigenvalue weighted by atomic mass is 16.6. The van der Waals surface area contributed by atoms with Crippen LogP contribution in [0.2, 0.25) is 0 Å². The minimum absolute atomic E-state index is 0.272. The highest BCUT2D eigenvalue weighted by Gasteiger charge is 2.35. The molecule has 0 unspecified atom stereocenters. The summed E-state index contributed by atoms with van der Waals surface area (Å²) in [5.41, 5.74) is 0.0617. The van der Waals surface area contributed by atoms with E-state index >= 15 is 0 Å². The van der Waals surface area contributed by atoms with Gasteiger partial charge in [0.2, 0.25) is 0 Å². The molecule has 0 aliphatic carbocycles. The third-order valence-electron chi connectivity index (χ3n) is 2.99. The second-order valence-electron chi connectivity index (χ2n) is 6.11. The van der Waals surface area contributed by atoms with Crippen molar-refractivity contribution in [3.05, 3.63) is 23.9 Å². The van der Waals surface area contributed by atoms with Crippen LogP contribution < -0.4 is 5.32 Å². The number of nitrogens with one attached hydrogen (secondary N) is 1. The van der Waals surface area contributed by atoms with E-state index in [9.17, 15) is 9.59 Å². The Kier molecular flexibility index (Phi) is 5.38. The van der Waals surface area contributed by atoms with Crippen molar-refractivity contribution in [2.75, 3.05) is 11.9 Å². The van der Waals surface area contributed by atoms with Crippen molar-refractivity contribution in [2.24, 2.45) is 4.99 Å². The summed E-state index contributed by atoms with van der Waals surface area (Å²) < 4.78 is 15.5. The molecule has 0 saturated heterocycles. The first-order valence-electron chi connectivity index (χ1n) is 7.60. The summed E-state index contributed by atoms with van der Waals surface area (Å²) >= 11 is 0. The number of aliphatic imine (C=N–C) groups is 1. The summed E-state index contributed by atoms with van der Waals surface area (Å²) in [7, 11) is 0. The van der Waals surface area contributed by atoms with E-state index in [1.54, 1.807) is 39.8 Å². The normalized spacial score (nSPS) is 19.5. The first kappa shape index (κ1) is 17.7. The molecule has 130 valence electrons. The van der Waals surface area contributed by atoms with Gasteiger partial charge in [-0.05, 0) is 33.8 Å². The third-order valence-corrected chi connectivity index (χ3v) is 2.99. The van der Waals surface area contributed by atoms with Crippen LogP contribution in [-0.2, 0) is 19.0 Å². The van der Waals surface area contributed by atoms with E-state index < -0.39 is 29.8 Å². The predicted octanol–water partition coefficient (Wildman–Crippen LogP) is 2.46. The van der Waals surface area contributed by atoms with E-state index in [-0.39, 0.29) is 6.61 Å². The maximum absolute atomic E-state index is 11.9. The number of esters is 1. The van der Waals surface area contributed by atoms with Crippen LogP contribution in [0.4, 0.5) is 10.6 Å². The van der Waals surface area contributed by atoms with Gasteiger partial charge in [-0.15, -0.1) is 0 Å². The van der Waals surface area contributed by atoms with Crippen molar-refractivity contribution in [2.45, 2.75) is 45.4 Å². The average molecular weight is 335 g/mol. The second-order valence-corrected chi connectivity index (χ2v) is 6.11. The number of nitrogens with zero attached hydrogens (tertiary/aromatic N) is 2. The Hall–Kier alpha value is -2.64. The molecule has 8 heteroatoms. The largest absolute Gasteiger partial charge is 0.473 e. The van der Waals surface area contributed by atoms with Crippen LogP contribution in [0.15, 0.2) is 23.3 Å². The van der Waals surface area contributed by atoms with Crippen molar-refractivity contribution >= 4 is 24.3 Å². The van der Waals surface area contributed by atoms with Crippen molar-refractivity contribution in [1.82, 2.24) is 4.98 Å². The molecule has 8 nitrogen and oxygen atoms in total. The Balaban J connectivity index is 2.01. The number of aromatic nitrogens is 1. The molecule has 1 aliphatic heterocycles. The van der Waals surface area contributed by atoms with Gasteiger partial charge in [-0.3, -0.25) is 5.32 Å². The monoisotopic (exact) mass is 335 g/mol. The van der Waals surface area contributed by atoms with Gasteiger partial charge >= 0.3 is 12.1 Å². The maximum Gasteiger partial charge on any atom is 0.413 e. The third kappa shape index (κ3) is 4.68. The van der Waals surface area contributed by atoms with Gasteiger partial charge in [-0.2, -0.15) is 0 Å². The molecular formula is C16H21N3O5. The Morgan fingerprint density at radius 2 is 2.08 bits per heavy atom. The summed E-state index contributed by atoms with van der Waals surface area (Å²) in [6.45, 7) is 7.32. The summed E-state index contributed by atoms with van der Waals surface area (Å²) in [5.74, 6) is -0.119. The summed E-state index contributed by atoms with van der Waals surface area (Å²) in [6.07, 6.45) is 1.57. The molecule has 0 aromatic carbocycles. The van der Waals surface area contributed by atoms with Crippen LogP contribution in [0.3, 0.4) is 0 Å². The molecule has 2 heterocycles. The lowest BCUT2D eigenvalue weighted by Crippen LogP contribution is -2.28. The van der Waals surface area contributed by atoms with Gasteiger partial charge in [0.15, 0.2) is 18.5 Å². The molecule has 0 saturated carbocycles. The lowest BCUT2D eigenvalue weighted by molar-refractivity contribution is -0.146. The van der Waals surface area contributed by atoms with Crippen LogP contribution in [0.5, 0.6) is 0 Å². The van der Waals surface area contributed by atoms with Crippen LogP contribution in [0, 0.1) is 0 Å². The van der Waals surface area contributed by atoms with E-state index in [0.29, 0.717) is 11.4 Å². The predicted molar refractivity (Wildman–Crippen MR) is 86.8 cm³/mol.